The van der Waals surface area contributed by atoms with Crippen LogP contribution in [0.25, 0.3) is 0 Å². The van der Waals surface area contributed by atoms with Crippen molar-refractivity contribution in [3.63, 3.8) is 0 Å². The number of hydrogen-bond donors (Lipinski definition) is 1. The summed E-state index contributed by atoms with van der Waals surface area (Å²) in [6, 6.07) is 0. The summed E-state index contributed by atoms with van der Waals surface area (Å²) in [5.74, 6) is 0.541. The lowest BCUT2D eigenvalue weighted by Crippen LogP contribution is -2.36. The largest absolute Gasteiger partial charge is 0.378 e. The van der Waals surface area contributed by atoms with Crippen LogP contribution in [0.4, 0.5) is 5.13 Å². The average Bonchev–Trinajstić information content (AvgIpc) is 2.83. The minimum atomic E-state index is 0.541. The highest BCUT2D eigenvalue weighted by molar-refractivity contribution is 7.15. The molecule has 4 nitrogen and oxygen atoms in total. The summed E-state index contributed by atoms with van der Waals surface area (Å²) in [4.78, 5) is 8.60. The van der Waals surface area contributed by atoms with Crippen LogP contribution < -0.4 is 10.2 Å². The van der Waals surface area contributed by atoms with Gasteiger partial charge in [-0.15, -0.1) is 11.3 Å². The van der Waals surface area contributed by atoms with E-state index in [1.807, 2.05) is 18.4 Å². The van der Waals surface area contributed by atoms with Crippen LogP contribution in [0.3, 0.4) is 0 Å². The van der Waals surface area contributed by atoms with E-state index in [9.17, 15) is 0 Å². The van der Waals surface area contributed by atoms with Crippen LogP contribution in [0.5, 0.6) is 0 Å². The third kappa shape index (κ3) is 3.02. The standard InChI is InChI=1S/C13H23N3OS/c1-4-10(2)12-11(9-14-3)18-13(15-12)16-5-7-17-8-6-16/h10,14H,4-9H2,1-3H3. The van der Waals surface area contributed by atoms with E-state index < -0.39 is 0 Å². The van der Waals surface area contributed by atoms with Crippen LogP contribution in [0.2, 0.25) is 0 Å². The van der Waals surface area contributed by atoms with Gasteiger partial charge in [0, 0.05) is 24.5 Å². The van der Waals surface area contributed by atoms with E-state index in [0.717, 1.165) is 39.3 Å². The molecule has 1 atom stereocenters. The number of thiazole rings is 1. The van der Waals surface area contributed by atoms with Gasteiger partial charge in [-0.1, -0.05) is 13.8 Å². The minimum absolute atomic E-state index is 0.541. The number of morpholine rings is 1. The summed E-state index contributed by atoms with van der Waals surface area (Å²) in [7, 11) is 1.99. The SMILES string of the molecule is CCC(C)c1nc(N2CCOCC2)sc1CNC. The molecule has 2 rings (SSSR count). The van der Waals surface area contributed by atoms with Gasteiger partial charge < -0.3 is 15.0 Å². The summed E-state index contributed by atoms with van der Waals surface area (Å²) >= 11 is 1.83. The number of anilines is 1. The topological polar surface area (TPSA) is 37.4 Å². The van der Waals surface area contributed by atoms with Crippen molar-refractivity contribution in [2.24, 2.45) is 0 Å². The van der Waals surface area contributed by atoms with Crippen molar-refractivity contribution < 1.29 is 4.74 Å². The highest BCUT2D eigenvalue weighted by atomic mass is 32.1. The summed E-state index contributed by atoms with van der Waals surface area (Å²) in [6.07, 6.45) is 1.14. The molecule has 1 saturated heterocycles. The lowest BCUT2D eigenvalue weighted by Gasteiger charge is -2.26. The van der Waals surface area contributed by atoms with Crippen molar-refractivity contribution in [3.05, 3.63) is 10.6 Å². The minimum Gasteiger partial charge on any atom is -0.378 e. The molecular formula is C13H23N3OS. The Bertz CT molecular complexity index is 374. The third-order valence-corrected chi connectivity index (χ3v) is 4.55. The highest BCUT2D eigenvalue weighted by Crippen LogP contribution is 2.32. The van der Waals surface area contributed by atoms with E-state index in [1.54, 1.807) is 0 Å². The van der Waals surface area contributed by atoms with E-state index in [2.05, 4.69) is 24.1 Å². The smallest absolute Gasteiger partial charge is 0.185 e. The van der Waals surface area contributed by atoms with E-state index in [-0.39, 0.29) is 0 Å². The lowest BCUT2D eigenvalue weighted by molar-refractivity contribution is 0.122. The van der Waals surface area contributed by atoms with Gasteiger partial charge in [-0.05, 0) is 19.4 Å². The Kier molecular flexibility index (Phi) is 4.97. The first-order chi connectivity index (χ1) is 8.76. The number of hydrogen-bond acceptors (Lipinski definition) is 5. The van der Waals surface area contributed by atoms with Gasteiger partial charge in [0.15, 0.2) is 5.13 Å². The van der Waals surface area contributed by atoms with E-state index in [4.69, 9.17) is 9.72 Å². The zero-order valence-corrected chi connectivity index (χ0v) is 12.3. The molecule has 0 spiro atoms. The molecule has 18 heavy (non-hydrogen) atoms. The van der Waals surface area contributed by atoms with Crippen molar-refractivity contribution in [1.82, 2.24) is 10.3 Å². The van der Waals surface area contributed by atoms with E-state index in [0.29, 0.717) is 5.92 Å². The Labute approximate surface area is 113 Å². The van der Waals surface area contributed by atoms with Crippen LogP contribution in [0, 0.1) is 0 Å². The monoisotopic (exact) mass is 269 g/mol. The average molecular weight is 269 g/mol. The van der Waals surface area contributed by atoms with Crippen molar-refractivity contribution in [3.8, 4) is 0 Å². The van der Waals surface area contributed by atoms with Gasteiger partial charge in [0.05, 0.1) is 18.9 Å². The molecule has 1 aliphatic heterocycles. The summed E-state index contributed by atoms with van der Waals surface area (Å²) in [5.41, 5.74) is 1.28. The van der Waals surface area contributed by atoms with Gasteiger partial charge in [-0.2, -0.15) is 0 Å². The van der Waals surface area contributed by atoms with Gasteiger partial charge in [-0.3, -0.25) is 0 Å². The molecule has 1 N–H and O–H groups in total. The number of nitrogens with zero attached hydrogens (tertiary/aromatic N) is 2. The maximum atomic E-state index is 5.40. The predicted molar refractivity (Wildman–Crippen MR) is 76.6 cm³/mol. The van der Waals surface area contributed by atoms with Gasteiger partial charge in [-0.25, -0.2) is 4.98 Å². The molecule has 2 heterocycles. The fraction of sp³-hybridized carbons (Fsp3) is 0.769. The van der Waals surface area contributed by atoms with Crippen LogP contribution >= 0.6 is 11.3 Å². The normalized spacial score (nSPS) is 18.1. The molecule has 1 aromatic rings. The second-order valence-electron chi connectivity index (χ2n) is 4.74. The zero-order valence-electron chi connectivity index (χ0n) is 11.5. The number of aromatic nitrogens is 1. The van der Waals surface area contributed by atoms with Crippen LogP contribution in [-0.2, 0) is 11.3 Å². The first kappa shape index (κ1) is 13.8. The zero-order chi connectivity index (χ0) is 13.0. The molecule has 0 aliphatic carbocycles. The molecule has 5 heteroatoms. The molecule has 1 aliphatic rings. The first-order valence-electron chi connectivity index (χ1n) is 6.73. The summed E-state index contributed by atoms with van der Waals surface area (Å²) < 4.78 is 5.40. The lowest BCUT2D eigenvalue weighted by atomic mass is 10.0. The van der Waals surface area contributed by atoms with Gasteiger partial charge in [0.2, 0.25) is 0 Å². The van der Waals surface area contributed by atoms with Crippen LogP contribution in [0.1, 0.15) is 36.8 Å². The maximum absolute atomic E-state index is 5.40. The number of rotatable bonds is 5. The number of nitrogens with one attached hydrogen (secondary N) is 1. The van der Waals surface area contributed by atoms with Crippen molar-refractivity contribution in [2.75, 3.05) is 38.3 Å². The van der Waals surface area contributed by atoms with Gasteiger partial charge >= 0.3 is 0 Å². The molecule has 0 aromatic carbocycles. The fourth-order valence-corrected chi connectivity index (χ4v) is 3.35. The molecule has 102 valence electrons. The fourth-order valence-electron chi connectivity index (χ4n) is 2.11. The predicted octanol–water partition coefficient (Wildman–Crippen LogP) is 2.21. The van der Waals surface area contributed by atoms with Crippen LogP contribution in [-0.4, -0.2) is 38.3 Å². The first-order valence-corrected chi connectivity index (χ1v) is 7.54. The molecule has 0 radical (unpaired) electrons. The second-order valence-corrected chi connectivity index (χ2v) is 5.81. The molecule has 0 amide bonds. The van der Waals surface area contributed by atoms with Gasteiger partial charge in [0.1, 0.15) is 0 Å². The summed E-state index contributed by atoms with van der Waals surface area (Å²) in [6.45, 7) is 8.97. The Morgan fingerprint density at radius 2 is 2.17 bits per heavy atom. The Balaban J connectivity index is 2.20. The van der Waals surface area contributed by atoms with E-state index in [1.165, 1.54) is 15.7 Å². The molecule has 1 aromatic heterocycles. The Hall–Kier alpha value is -0.650. The Morgan fingerprint density at radius 3 is 2.78 bits per heavy atom. The van der Waals surface area contributed by atoms with Gasteiger partial charge in [0.25, 0.3) is 0 Å². The maximum Gasteiger partial charge on any atom is 0.185 e. The molecule has 0 saturated carbocycles. The number of ether oxygens (including phenoxy) is 1. The highest BCUT2D eigenvalue weighted by Gasteiger charge is 2.20. The van der Waals surface area contributed by atoms with E-state index >= 15 is 0 Å². The second kappa shape index (κ2) is 6.50. The molecular weight excluding hydrogens is 246 g/mol. The summed E-state index contributed by atoms with van der Waals surface area (Å²) in [5, 5.41) is 4.41. The Morgan fingerprint density at radius 1 is 1.44 bits per heavy atom. The third-order valence-electron chi connectivity index (χ3n) is 3.41. The molecule has 1 fully saturated rings. The quantitative estimate of drug-likeness (QED) is 0.889. The molecule has 0 bridgehead atoms. The van der Waals surface area contributed by atoms with Crippen LogP contribution in [0.15, 0.2) is 0 Å². The van der Waals surface area contributed by atoms with Crippen molar-refractivity contribution in [1.29, 1.82) is 0 Å². The van der Waals surface area contributed by atoms with Crippen molar-refractivity contribution in [2.45, 2.75) is 32.7 Å². The molecule has 1 unspecified atom stereocenters. The van der Waals surface area contributed by atoms with Crippen molar-refractivity contribution >= 4 is 16.5 Å².